The van der Waals surface area contributed by atoms with Gasteiger partial charge < -0.3 is 10.8 Å². The van der Waals surface area contributed by atoms with Crippen molar-refractivity contribution in [3.63, 3.8) is 0 Å². The van der Waals surface area contributed by atoms with Gasteiger partial charge in [0.2, 0.25) is 0 Å². The van der Waals surface area contributed by atoms with E-state index >= 15 is 0 Å². The molecule has 0 aliphatic carbocycles. The van der Waals surface area contributed by atoms with Gasteiger partial charge in [0.25, 0.3) is 0 Å². The quantitative estimate of drug-likeness (QED) is 0.873. The molecule has 2 nitrogen and oxygen atoms in total. The second-order valence-corrected chi connectivity index (χ2v) is 5.06. The van der Waals surface area contributed by atoms with Gasteiger partial charge in [-0.2, -0.15) is 0 Å². The summed E-state index contributed by atoms with van der Waals surface area (Å²) in [6.07, 6.45) is 0.00960. The van der Waals surface area contributed by atoms with Gasteiger partial charge in [0, 0.05) is 27.6 Å². The van der Waals surface area contributed by atoms with Crippen molar-refractivity contribution < 1.29 is 5.11 Å². The highest BCUT2D eigenvalue weighted by Crippen LogP contribution is 2.41. The van der Waals surface area contributed by atoms with Gasteiger partial charge in [-0.3, -0.25) is 0 Å². The van der Waals surface area contributed by atoms with Crippen molar-refractivity contribution in [2.45, 2.75) is 26.4 Å². The first-order chi connectivity index (χ1) is 7.46. The van der Waals surface area contributed by atoms with Crippen LogP contribution >= 0.6 is 23.2 Å². The number of rotatable bonds is 4. The van der Waals surface area contributed by atoms with Gasteiger partial charge in [-0.25, -0.2) is 0 Å². The first-order valence-electron chi connectivity index (χ1n) is 5.28. The van der Waals surface area contributed by atoms with Crippen molar-refractivity contribution in [3.05, 3.63) is 33.8 Å². The normalized spacial score (nSPS) is 16.9. The lowest BCUT2D eigenvalue weighted by Crippen LogP contribution is -2.33. The Hall–Kier alpha value is -0.280. The Morgan fingerprint density at radius 2 is 1.88 bits per heavy atom. The summed E-state index contributed by atoms with van der Waals surface area (Å²) in [5.41, 5.74) is 5.87. The predicted molar refractivity (Wildman–Crippen MR) is 68.9 cm³/mol. The Morgan fingerprint density at radius 1 is 1.38 bits per heavy atom. The van der Waals surface area contributed by atoms with E-state index in [4.69, 9.17) is 28.9 Å². The molecule has 0 aliphatic rings. The zero-order valence-electron chi connectivity index (χ0n) is 9.50. The molecule has 3 N–H and O–H groups in total. The maximum Gasteiger partial charge on any atom is 0.0884 e. The maximum atomic E-state index is 10.4. The molecule has 0 saturated heterocycles. The van der Waals surface area contributed by atoms with Gasteiger partial charge in [-0.05, 0) is 18.6 Å². The molecule has 1 aromatic rings. The summed E-state index contributed by atoms with van der Waals surface area (Å²) in [6, 6.07) is 5.20. The topological polar surface area (TPSA) is 46.2 Å². The molecule has 0 aliphatic heterocycles. The van der Waals surface area contributed by atoms with Crippen molar-refractivity contribution >= 4 is 23.2 Å². The minimum Gasteiger partial charge on any atom is -0.388 e. The molecule has 0 aromatic heterocycles. The standard InChI is InChI=1S/C12H17Cl2NO/c1-3-12(2,7-15)11(16)10-8(13)5-4-6-9(10)14/h4-6,11,16H,3,7,15H2,1-2H3. The van der Waals surface area contributed by atoms with Gasteiger partial charge in [0.15, 0.2) is 0 Å². The van der Waals surface area contributed by atoms with Crippen LogP contribution in [0, 0.1) is 5.41 Å². The minimum absolute atomic E-state index is 0.381. The molecule has 0 spiro atoms. The molecule has 0 bridgehead atoms. The van der Waals surface area contributed by atoms with E-state index in [1.807, 2.05) is 13.8 Å². The van der Waals surface area contributed by atoms with Crippen LogP contribution in [0.15, 0.2) is 18.2 Å². The van der Waals surface area contributed by atoms with Crippen molar-refractivity contribution in [3.8, 4) is 0 Å². The second-order valence-electron chi connectivity index (χ2n) is 4.25. The average molecular weight is 262 g/mol. The van der Waals surface area contributed by atoms with Crippen LogP contribution in [0.3, 0.4) is 0 Å². The van der Waals surface area contributed by atoms with Gasteiger partial charge in [-0.1, -0.05) is 43.1 Å². The number of aliphatic hydroxyl groups excluding tert-OH is 1. The van der Waals surface area contributed by atoms with E-state index < -0.39 is 11.5 Å². The van der Waals surface area contributed by atoms with Crippen LogP contribution in [0.5, 0.6) is 0 Å². The maximum absolute atomic E-state index is 10.4. The first kappa shape index (κ1) is 13.8. The Labute approximate surface area is 106 Å². The first-order valence-corrected chi connectivity index (χ1v) is 6.04. The van der Waals surface area contributed by atoms with Crippen LogP contribution in [-0.2, 0) is 0 Å². The van der Waals surface area contributed by atoms with E-state index in [1.165, 1.54) is 0 Å². The van der Waals surface area contributed by atoms with Crippen molar-refractivity contribution in [2.75, 3.05) is 6.54 Å². The number of halogens is 2. The van der Waals surface area contributed by atoms with Crippen LogP contribution < -0.4 is 5.73 Å². The highest BCUT2D eigenvalue weighted by Gasteiger charge is 2.33. The molecule has 4 heteroatoms. The number of nitrogens with two attached hydrogens (primary N) is 1. The number of benzene rings is 1. The zero-order chi connectivity index (χ0) is 12.3. The smallest absolute Gasteiger partial charge is 0.0884 e. The lowest BCUT2D eigenvalue weighted by molar-refractivity contribution is 0.0393. The lowest BCUT2D eigenvalue weighted by atomic mass is 9.78. The van der Waals surface area contributed by atoms with Gasteiger partial charge in [-0.15, -0.1) is 0 Å². The number of hydrogen-bond donors (Lipinski definition) is 2. The van der Waals surface area contributed by atoms with Crippen molar-refractivity contribution in [2.24, 2.45) is 11.1 Å². The van der Waals surface area contributed by atoms with Gasteiger partial charge in [0.05, 0.1) is 6.10 Å². The van der Waals surface area contributed by atoms with Crippen LogP contribution in [0.2, 0.25) is 10.0 Å². The summed E-state index contributed by atoms with van der Waals surface area (Å²) < 4.78 is 0. The summed E-state index contributed by atoms with van der Waals surface area (Å²) in [5.74, 6) is 0. The van der Waals surface area contributed by atoms with E-state index in [9.17, 15) is 5.11 Å². The number of aliphatic hydroxyl groups is 1. The summed E-state index contributed by atoms with van der Waals surface area (Å²) in [5, 5.41) is 11.3. The van der Waals surface area contributed by atoms with Gasteiger partial charge >= 0.3 is 0 Å². The van der Waals surface area contributed by atoms with E-state index in [0.29, 0.717) is 22.2 Å². The summed E-state index contributed by atoms with van der Waals surface area (Å²) >= 11 is 12.1. The Kier molecular flexibility index (Phi) is 4.62. The molecule has 16 heavy (non-hydrogen) atoms. The largest absolute Gasteiger partial charge is 0.388 e. The van der Waals surface area contributed by atoms with Crippen LogP contribution in [-0.4, -0.2) is 11.7 Å². The van der Waals surface area contributed by atoms with Gasteiger partial charge in [0.1, 0.15) is 0 Å². The molecule has 0 fully saturated rings. The fourth-order valence-electron chi connectivity index (χ4n) is 1.57. The molecule has 2 atom stereocenters. The highest BCUT2D eigenvalue weighted by molar-refractivity contribution is 6.36. The van der Waals surface area contributed by atoms with Crippen LogP contribution in [0.1, 0.15) is 31.9 Å². The second kappa shape index (κ2) is 5.37. The van der Waals surface area contributed by atoms with Crippen molar-refractivity contribution in [1.82, 2.24) is 0 Å². The molecular weight excluding hydrogens is 245 g/mol. The molecule has 0 radical (unpaired) electrons. The molecule has 90 valence electrons. The lowest BCUT2D eigenvalue weighted by Gasteiger charge is -2.33. The van der Waals surface area contributed by atoms with E-state index in [2.05, 4.69) is 0 Å². The van der Waals surface area contributed by atoms with E-state index in [0.717, 1.165) is 6.42 Å². The minimum atomic E-state index is -0.747. The third kappa shape index (κ3) is 2.51. The summed E-state index contributed by atoms with van der Waals surface area (Å²) in [6.45, 7) is 4.30. The zero-order valence-corrected chi connectivity index (χ0v) is 11.0. The molecule has 1 aromatic carbocycles. The Morgan fingerprint density at radius 3 is 2.25 bits per heavy atom. The highest BCUT2D eigenvalue weighted by atomic mass is 35.5. The summed E-state index contributed by atoms with van der Waals surface area (Å²) in [7, 11) is 0. The Balaban J connectivity index is 3.18. The fraction of sp³-hybridized carbons (Fsp3) is 0.500. The summed E-state index contributed by atoms with van der Waals surface area (Å²) in [4.78, 5) is 0. The third-order valence-corrected chi connectivity index (χ3v) is 3.87. The monoisotopic (exact) mass is 261 g/mol. The van der Waals surface area contributed by atoms with Crippen LogP contribution in [0.25, 0.3) is 0 Å². The molecule has 0 amide bonds. The van der Waals surface area contributed by atoms with E-state index in [1.54, 1.807) is 18.2 Å². The van der Waals surface area contributed by atoms with Crippen LogP contribution in [0.4, 0.5) is 0 Å². The SMILES string of the molecule is CCC(C)(CN)C(O)c1c(Cl)cccc1Cl. The molecular formula is C12H17Cl2NO. The fourth-order valence-corrected chi connectivity index (χ4v) is 2.17. The third-order valence-electron chi connectivity index (χ3n) is 3.21. The number of hydrogen-bond acceptors (Lipinski definition) is 2. The average Bonchev–Trinajstić information content (AvgIpc) is 2.27. The Bertz CT molecular complexity index is 344. The molecule has 0 heterocycles. The van der Waals surface area contributed by atoms with E-state index in [-0.39, 0.29) is 0 Å². The molecule has 2 unspecified atom stereocenters. The predicted octanol–water partition coefficient (Wildman–Crippen LogP) is 3.40. The molecule has 1 rings (SSSR count). The molecule has 0 saturated carbocycles. The van der Waals surface area contributed by atoms with Crippen molar-refractivity contribution in [1.29, 1.82) is 0 Å².